The van der Waals surface area contributed by atoms with Crippen LogP contribution >= 0.6 is 0 Å². The van der Waals surface area contributed by atoms with Crippen LogP contribution in [-0.4, -0.2) is 5.94 Å². The van der Waals surface area contributed by atoms with Gasteiger partial charge in [0.05, 0.1) is 0 Å². The number of rotatable bonds is 14. The summed E-state index contributed by atoms with van der Waals surface area (Å²) < 4.78 is 0. The van der Waals surface area contributed by atoms with Crippen molar-refractivity contribution in [2.24, 2.45) is 10.8 Å². The lowest BCUT2D eigenvalue weighted by Gasteiger charge is -2.42. The van der Waals surface area contributed by atoms with E-state index in [1.165, 1.54) is 64.2 Å². The first-order valence-corrected chi connectivity index (χ1v) is 9.57. The molecule has 0 amide bonds. The Morgan fingerprint density at radius 1 is 0.727 bits per heavy atom. The summed E-state index contributed by atoms with van der Waals surface area (Å²) in [5.41, 5.74) is 0.847. The molecular weight excluding hydrogens is 268 g/mol. The van der Waals surface area contributed by atoms with Gasteiger partial charge in [0.25, 0.3) is 0 Å². The zero-order valence-corrected chi connectivity index (χ0v) is 16.0. The Labute approximate surface area is 140 Å². The van der Waals surface area contributed by atoms with Gasteiger partial charge in [-0.1, -0.05) is 86.0 Å². The van der Waals surface area contributed by atoms with E-state index in [4.69, 9.17) is 0 Å². The minimum absolute atomic E-state index is 0.417. The van der Waals surface area contributed by atoms with E-state index in [1.54, 1.807) is 6.08 Å². The molecule has 1 nitrogen and oxygen atoms in total. The molecule has 0 bridgehead atoms. The van der Waals surface area contributed by atoms with Gasteiger partial charge in [0.2, 0.25) is 0 Å². The molecule has 130 valence electrons. The van der Waals surface area contributed by atoms with Crippen molar-refractivity contribution in [3.05, 3.63) is 6.08 Å². The monoisotopic (exact) mass is 308 g/mol. The first kappa shape index (κ1) is 21.4. The average molecular weight is 309 g/mol. The van der Waals surface area contributed by atoms with Gasteiger partial charge in [-0.15, -0.1) is 0 Å². The second-order valence-corrected chi connectivity index (χ2v) is 8.21. The first-order chi connectivity index (χ1) is 10.4. The molecule has 0 spiro atoms. The van der Waals surface area contributed by atoms with Crippen molar-refractivity contribution in [3.63, 3.8) is 0 Å². The molecule has 0 aromatic carbocycles. The Kier molecular flexibility index (Phi) is 11.6. The van der Waals surface area contributed by atoms with Crippen LogP contribution in [0.2, 0.25) is 0 Å². The Balaban J connectivity index is 3.92. The van der Waals surface area contributed by atoms with E-state index in [1.807, 2.05) is 5.94 Å². The number of hydrogen-bond acceptors (Lipinski definition) is 1. The quantitative estimate of drug-likeness (QED) is 0.246. The van der Waals surface area contributed by atoms with Gasteiger partial charge < -0.3 is 0 Å². The molecule has 0 saturated carbocycles. The Hall–Kier alpha value is -0.550. The third-order valence-electron chi connectivity index (χ3n) is 5.72. The third kappa shape index (κ3) is 9.46. The standard InChI is InChI=1S/C21H40O/c1-6-7-8-11-14-17-20(2,3)21(4,5)18-15-12-9-10-13-16-19-22/h16H,6-15,17-18H2,1-5H3. The molecule has 0 aromatic heterocycles. The van der Waals surface area contributed by atoms with Crippen molar-refractivity contribution in [1.29, 1.82) is 0 Å². The summed E-state index contributed by atoms with van der Waals surface area (Å²) in [6, 6.07) is 0. The fourth-order valence-corrected chi connectivity index (χ4v) is 3.07. The van der Waals surface area contributed by atoms with Crippen LogP contribution in [-0.2, 0) is 4.79 Å². The predicted octanol–water partition coefficient (Wildman–Crippen LogP) is 7.13. The minimum atomic E-state index is 0.417. The van der Waals surface area contributed by atoms with Gasteiger partial charge in [-0.3, -0.25) is 0 Å². The van der Waals surface area contributed by atoms with Gasteiger partial charge in [-0.2, -0.15) is 0 Å². The highest BCUT2D eigenvalue weighted by Crippen LogP contribution is 2.46. The summed E-state index contributed by atoms with van der Waals surface area (Å²) in [4.78, 5) is 10.1. The van der Waals surface area contributed by atoms with Gasteiger partial charge >= 0.3 is 0 Å². The lowest BCUT2D eigenvalue weighted by molar-refractivity contribution is 0.0814. The van der Waals surface area contributed by atoms with Crippen molar-refractivity contribution in [3.8, 4) is 0 Å². The Morgan fingerprint density at radius 2 is 1.18 bits per heavy atom. The highest BCUT2D eigenvalue weighted by atomic mass is 16.1. The van der Waals surface area contributed by atoms with Crippen LogP contribution in [0.25, 0.3) is 0 Å². The van der Waals surface area contributed by atoms with E-state index in [9.17, 15) is 4.79 Å². The van der Waals surface area contributed by atoms with E-state index in [0.29, 0.717) is 10.8 Å². The summed E-state index contributed by atoms with van der Waals surface area (Å²) in [5, 5.41) is 0. The topological polar surface area (TPSA) is 17.1 Å². The van der Waals surface area contributed by atoms with E-state index < -0.39 is 0 Å². The molecule has 0 radical (unpaired) electrons. The van der Waals surface area contributed by atoms with Gasteiger partial charge in [0.1, 0.15) is 5.94 Å². The average Bonchev–Trinajstić information content (AvgIpc) is 2.45. The van der Waals surface area contributed by atoms with E-state index >= 15 is 0 Å². The van der Waals surface area contributed by atoms with E-state index in [2.05, 4.69) is 34.6 Å². The molecule has 0 aliphatic carbocycles. The van der Waals surface area contributed by atoms with Crippen molar-refractivity contribution < 1.29 is 4.79 Å². The van der Waals surface area contributed by atoms with Gasteiger partial charge in [0.15, 0.2) is 0 Å². The molecular formula is C21H40O. The van der Waals surface area contributed by atoms with Crippen LogP contribution < -0.4 is 0 Å². The second-order valence-electron chi connectivity index (χ2n) is 8.21. The fourth-order valence-electron chi connectivity index (χ4n) is 3.07. The molecule has 0 rings (SSSR count). The molecule has 0 saturated heterocycles. The summed E-state index contributed by atoms with van der Waals surface area (Å²) in [6.45, 7) is 12.1. The summed E-state index contributed by atoms with van der Waals surface area (Å²) in [5.74, 6) is 1.86. The van der Waals surface area contributed by atoms with Crippen LogP contribution in [0, 0.1) is 10.8 Å². The van der Waals surface area contributed by atoms with E-state index in [0.717, 1.165) is 12.8 Å². The number of hydrogen-bond donors (Lipinski definition) is 0. The SMILES string of the molecule is CCCCCCCC(C)(C)C(C)(C)CCCCCCC=C=O. The van der Waals surface area contributed by atoms with E-state index in [-0.39, 0.29) is 0 Å². The Bertz CT molecular complexity index is 308. The van der Waals surface area contributed by atoms with Crippen LogP contribution in [0.5, 0.6) is 0 Å². The fraction of sp³-hybridized carbons (Fsp3) is 0.905. The molecule has 0 aliphatic heterocycles. The zero-order chi connectivity index (χ0) is 16.9. The minimum Gasteiger partial charge on any atom is -0.234 e. The molecule has 0 aliphatic rings. The third-order valence-corrected chi connectivity index (χ3v) is 5.72. The van der Waals surface area contributed by atoms with Crippen molar-refractivity contribution >= 4 is 5.94 Å². The van der Waals surface area contributed by atoms with Crippen molar-refractivity contribution in [2.75, 3.05) is 0 Å². The molecule has 1 heteroatoms. The zero-order valence-electron chi connectivity index (χ0n) is 16.0. The normalized spacial score (nSPS) is 12.2. The van der Waals surface area contributed by atoms with Crippen LogP contribution in [0.1, 0.15) is 112 Å². The largest absolute Gasteiger partial charge is 0.234 e. The predicted molar refractivity (Wildman–Crippen MR) is 98.9 cm³/mol. The molecule has 0 aromatic rings. The van der Waals surface area contributed by atoms with Crippen LogP contribution in [0.15, 0.2) is 6.08 Å². The maximum absolute atomic E-state index is 10.1. The second kappa shape index (κ2) is 11.9. The molecule has 0 heterocycles. The molecule has 0 fully saturated rings. The number of allylic oxidation sites excluding steroid dienone is 1. The van der Waals surface area contributed by atoms with Crippen molar-refractivity contribution in [2.45, 2.75) is 112 Å². The van der Waals surface area contributed by atoms with Gasteiger partial charge in [-0.05, 0) is 42.6 Å². The highest BCUT2D eigenvalue weighted by molar-refractivity contribution is 5.44. The van der Waals surface area contributed by atoms with Gasteiger partial charge in [0, 0.05) is 0 Å². The molecule has 0 unspecified atom stereocenters. The number of unbranched alkanes of at least 4 members (excludes halogenated alkanes) is 8. The lowest BCUT2D eigenvalue weighted by atomic mass is 9.63. The molecule has 22 heavy (non-hydrogen) atoms. The van der Waals surface area contributed by atoms with Crippen LogP contribution in [0.3, 0.4) is 0 Å². The maximum Gasteiger partial charge on any atom is 0.120 e. The number of carbonyl (C=O) groups excluding carboxylic acids is 1. The summed E-state index contributed by atoms with van der Waals surface area (Å²) in [7, 11) is 0. The summed E-state index contributed by atoms with van der Waals surface area (Å²) >= 11 is 0. The highest BCUT2D eigenvalue weighted by Gasteiger charge is 2.35. The van der Waals surface area contributed by atoms with Gasteiger partial charge in [-0.25, -0.2) is 4.79 Å². The molecule has 0 atom stereocenters. The van der Waals surface area contributed by atoms with Crippen LogP contribution in [0.4, 0.5) is 0 Å². The van der Waals surface area contributed by atoms with Crippen molar-refractivity contribution in [1.82, 2.24) is 0 Å². The summed E-state index contributed by atoms with van der Waals surface area (Å²) in [6.07, 6.45) is 17.1. The molecule has 0 N–H and O–H groups in total. The smallest absolute Gasteiger partial charge is 0.120 e. The maximum atomic E-state index is 10.1. The Morgan fingerprint density at radius 3 is 1.64 bits per heavy atom. The first-order valence-electron chi connectivity index (χ1n) is 9.57. The lowest BCUT2D eigenvalue weighted by Crippen LogP contribution is -2.32.